The van der Waals surface area contributed by atoms with Gasteiger partial charge in [0.05, 0.1) is 0 Å². The van der Waals surface area contributed by atoms with E-state index >= 15 is 0 Å². The Morgan fingerprint density at radius 3 is 2.64 bits per heavy atom. The number of thioether (sulfide) groups is 1. The summed E-state index contributed by atoms with van der Waals surface area (Å²) in [4.78, 5) is 10.2. The van der Waals surface area contributed by atoms with Crippen LogP contribution in [-0.4, -0.2) is 28.6 Å². The maximum atomic E-state index is 10.2. The van der Waals surface area contributed by atoms with E-state index in [1.807, 2.05) is 6.92 Å². The minimum absolute atomic E-state index is 0. The lowest BCUT2D eigenvalue weighted by Crippen LogP contribution is -2.30. The largest absolute Gasteiger partial charge is 0.480 e. The summed E-state index contributed by atoms with van der Waals surface area (Å²) in [7, 11) is 0. The van der Waals surface area contributed by atoms with Crippen molar-refractivity contribution in [1.82, 2.24) is 0 Å². The van der Waals surface area contributed by atoms with Gasteiger partial charge in [0, 0.05) is 0 Å². The molecule has 5 heteroatoms. The molecule has 0 rings (SSSR count). The zero-order valence-electron chi connectivity index (χ0n) is 6.54. The van der Waals surface area contributed by atoms with Crippen LogP contribution in [0.15, 0.2) is 0 Å². The Morgan fingerprint density at radius 1 is 1.73 bits per heavy atom. The van der Waals surface area contributed by atoms with Gasteiger partial charge in [0.15, 0.2) is 0 Å². The number of rotatable bonds is 5. The topological polar surface area (TPSA) is 63.3 Å². The molecule has 0 saturated heterocycles. The monoisotopic (exact) mass is 197 g/mol. The molecular weight excluding hydrogens is 182 g/mol. The Labute approximate surface area is 78.2 Å². The van der Waals surface area contributed by atoms with Crippen molar-refractivity contribution in [1.29, 1.82) is 0 Å². The van der Waals surface area contributed by atoms with Crippen LogP contribution in [0.1, 0.15) is 13.3 Å². The summed E-state index contributed by atoms with van der Waals surface area (Å²) in [5.41, 5.74) is 5.24. The molecule has 3 nitrogen and oxygen atoms in total. The normalized spacial score (nSPS) is 11.8. The van der Waals surface area contributed by atoms with Gasteiger partial charge in [-0.25, -0.2) is 0 Å². The molecule has 68 valence electrons. The van der Waals surface area contributed by atoms with Crippen LogP contribution in [0.5, 0.6) is 0 Å². The molecule has 0 saturated carbocycles. The highest BCUT2D eigenvalue weighted by atomic mass is 32.2. The van der Waals surface area contributed by atoms with E-state index in [-0.39, 0.29) is 13.5 Å². The minimum Gasteiger partial charge on any atom is -0.480 e. The Hall–Kier alpha value is 0.130. The van der Waals surface area contributed by atoms with Crippen LogP contribution < -0.4 is 5.73 Å². The zero-order valence-corrected chi connectivity index (χ0v) is 8.36. The van der Waals surface area contributed by atoms with E-state index in [0.29, 0.717) is 6.42 Å². The van der Waals surface area contributed by atoms with Crippen molar-refractivity contribution in [3.8, 4) is 0 Å². The summed E-state index contributed by atoms with van der Waals surface area (Å²) in [6.45, 7) is 2.04. The molecule has 0 bridgehead atoms. The lowest BCUT2D eigenvalue weighted by Gasteiger charge is -2.03. The van der Waals surface area contributed by atoms with Crippen LogP contribution in [0.25, 0.3) is 0 Å². The van der Waals surface area contributed by atoms with E-state index in [1.165, 1.54) is 0 Å². The fraction of sp³-hybridized carbons (Fsp3) is 0.833. The molecule has 0 unspecified atom stereocenters. The second-order valence-corrected chi connectivity index (χ2v) is 3.32. The molecule has 0 heterocycles. The molecule has 0 spiro atoms. The number of carbonyl (C=O) groups is 1. The van der Waals surface area contributed by atoms with Crippen molar-refractivity contribution in [2.45, 2.75) is 19.4 Å². The molecule has 1 atom stereocenters. The SMILES string of the molecule is CCSCC[C@H](N)C(=O)O.S. The van der Waals surface area contributed by atoms with Gasteiger partial charge in [-0.05, 0) is 17.9 Å². The highest BCUT2D eigenvalue weighted by Gasteiger charge is 2.09. The molecule has 0 aromatic rings. The third kappa shape index (κ3) is 8.03. The van der Waals surface area contributed by atoms with Crippen molar-refractivity contribution < 1.29 is 9.90 Å². The van der Waals surface area contributed by atoms with Gasteiger partial charge >= 0.3 is 5.97 Å². The van der Waals surface area contributed by atoms with Gasteiger partial charge in [-0.1, -0.05) is 6.92 Å². The van der Waals surface area contributed by atoms with Crippen LogP contribution in [0.2, 0.25) is 0 Å². The highest BCUT2D eigenvalue weighted by Crippen LogP contribution is 2.02. The lowest BCUT2D eigenvalue weighted by molar-refractivity contribution is -0.138. The van der Waals surface area contributed by atoms with Gasteiger partial charge in [-0.15, -0.1) is 0 Å². The predicted molar refractivity (Wildman–Crippen MR) is 53.6 cm³/mol. The minimum atomic E-state index is -0.906. The van der Waals surface area contributed by atoms with Crippen molar-refractivity contribution >= 4 is 31.2 Å². The van der Waals surface area contributed by atoms with Gasteiger partial charge in [0.25, 0.3) is 0 Å². The van der Waals surface area contributed by atoms with Crippen LogP contribution in [0.4, 0.5) is 0 Å². The number of carboxylic acids is 1. The zero-order chi connectivity index (χ0) is 7.98. The Kier molecular flexibility index (Phi) is 10.2. The molecule has 0 aliphatic rings. The Morgan fingerprint density at radius 2 is 2.27 bits per heavy atom. The summed E-state index contributed by atoms with van der Waals surface area (Å²) in [5.74, 6) is 0.952. The lowest BCUT2D eigenvalue weighted by atomic mass is 10.2. The summed E-state index contributed by atoms with van der Waals surface area (Å²) < 4.78 is 0. The molecule has 0 aliphatic carbocycles. The van der Waals surface area contributed by atoms with E-state index in [9.17, 15) is 4.79 Å². The van der Waals surface area contributed by atoms with Gasteiger partial charge < -0.3 is 10.8 Å². The van der Waals surface area contributed by atoms with Crippen LogP contribution >= 0.6 is 25.3 Å². The van der Waals surface area contributed by atoms with Crippen LogP contribution in [0.3, 0.4) is 0 Å². The fourth-order valence-electron chi connectivity index (χ4n) is 0.478. The number of carboxylic acid groups (broad SMARTS) is 1. The van der Waals surface area contributed by atoms with Crippen molar-refractivity contribution in [3.05, 3.63) is 0 Å². The van der Waals surface area contributed by atoms with Crippen molar-refractivity contribution in [3.63, 3.8) is 0 Å². The molecule has 0 fully saturated rings. The van der Waals surface area contributed by atoms with Crippen molar-refractivity contribution in [2.75, 3.05) is 11.5 Å². The van der Waals surface area contributed by atoms with E-state index in [4.69, 9.17) is 10.8 Å². The molecule has 0 aromatic carbocycles. The first-order chi connectivity index (χ1) is 4.68. The van der Waals surface area contributed by atoms with Crippen LogP contribution in [-0.2, 0) is 4.79 Å². The standard InChI is InChI=1S/C6H13NO2S.H2S/c1-2-10-4-3-5(7)6(8)9;/h5H,2-4,7H2,1H3,(H,8,9);1H2/t5-;/m0./s1. The van der Waals surface area contributed by atoms with Crippen molar-refractivity contribution in [2.24, 2.45) is 5.73 Å². The molecule has 0 amide bonds. The smallest absolute Gasteiger partial charge is 0.320 e. The number of hydrogen-bond donors (Lipinski definition) is 2. The quantitative estimate of drug-likeness (QED) is 0.635. The summed E-state index contributed by atoms with van der Waals surface area (Å²) in [6, 6.07) is -0.681. The first-order valence-corrected chi connectivity index (χ1v) is 4.40. The van der Waals surface area contributed by atoms with Gasteiger partial charge in [0.2, 0.25) is 0 Å². The third-order valence-corrected chi connectivity index (χ3v) is 2.03. The van der Waals surface area contributed by atoms with Gasteiger partial charge in [0.1, 0.15) is 6.04 Å². The van der Waals surface area contributed by atoms with E-state index in [0.717, 1.165) is 11.5 Å². The predicted octanol–water partition coefficient (Wildman–Crippen LogP) is 0.654. The molecule has 0 aromatic heterocycles. The first-order valence-electron chi connectivity index (χ1n) is 3.24. The molecule has 0 aliphatic heterocycles. The average Bonchev–Trinajstić information content (AvgIpc) is 1.88. The molecule has 11 heavy (non-hydrogen) atoms. The van der Waals surface area contributed by atoms with E-state index in [1.54, 1.807) is 11.8 Å². The van der Waals surface area contributed by atoms with Gasteiger partial charge in [-0.2, -0.15) is 25.3 Å². The maximum Gasteiger partial charge on any atom is 0.320 e. The van der Waals surface area contributed by atoms with Gasteiger partial charge in [-0.3, -0.25) is 4.79 Å². The second kappa shape index (κ2) is 8.23. The summed E-state index contributed by atoms with van der Waals surface area (Å²) in [6.07, 6.45) is 0.563. The number of aliphatic carboxylic acids is 1. The average molecular weight is 197 g/mol. The van der Waals surface area contributed by atoms with Crippen LogP contribution in [0, 0.1) is 0 Å². The Balaban J connectivity index is 0. The summed E-state index contributed by atoms with van der Waals surface area (Å²) >= 11 is 1.71. The first kappa shape index (κ1) is 13.7. The molecular formula is C6H15NO2S2. The fourth-order valence-corrected chi connectivity index (χ4v) is 1.19. The maximum absolute atomic E-state index is 10.2. The van der Waals surface area contributed by atoms with E-state index in [2.05, 4.69) is 0 Å². The molecule has 0 radical (unpaired) electrons. The highest BCUT2D eigenvalue weighted by molar-refractivity contribution is 7.99. The number of nitrogens with two attached hydrogens (primary N) is 1. The third-order valence-electron chi connectivity index (χ3n) is 1.09. The van der Waals surface area contributed by atoms with E-state index < -0.39 is 12.0 Å². The second-order valence-electron chi connectivity index (χ2n) is 1.93. The molecule has 3 N–H and O–H groups in total. The number of hydrogen-bond acceptors (Lipinski definition) is 3. The summed E-state index contributed by atoms with van der Waals surface area (Å²) in [5, 5.41) is 8.35. The Bertz CT molecular complexity index is 111.